The molecule has 3 aliphatic rings. The van der Waals surface area contributed by atoms with Crippen molar-refractivity contribution in [2.24, 2.45) is 22.7 Å². The average Bonchev–Trinajstić information content (AvgIpc) is 2.51. The largest absolute Gasteiger partial charge is 0.493 e. The number of para-hydroxylation sites is 1. The van der Waals surface area contributed by atoms with E-state index in [0.29, 0.717) is 11.8 Å². The van der Waals surface area contributed by atoms with Crippen molar-refractivity contribution in [1.29, 1.82) is 0 Å². The molecular weight excluding hydrogens is 284 g/mol. The van der Waals surface area contributed by atoms with Crippen LogP contribution in [0.5, 0.6) is 5.75 Å². The van der Waals surface area contributed by atoms with Gasteiger partial charge in [-0.05, 0) is 48.5 Å². The molecule has 2 nitrogen and oxygen atoms in total. The van der Waals surface area contributed by atoms with E-state index in [1.165, 1.54) is 18.4 Å². The molecule has 1 aromatic rings. The van der Waals surface area contributed by atoms with Gasteiger partial charge in [-0.15, -0.1) is 0 Å². The van der Waals surface area contributed by atoms with Gasteiger partial charge in [0.15, 0.2) is 0 Å². The molecule has 2 aliphatic carbocycles. The fourth-order valence-corrected chi connectivity index (χ4v) is 6.48. The van der Waals surface area contributed by atoms with Crippen LogP contribution in [0.15, 0.2) is 24.3 Å². The zero-order chi connectivity index (χ0) is 16.5. The Morgan fingerprint density at radius 3 is 2.52 bits per heavy atom. The summed E-state index contributed by atoms with van der Waals surface area (Å²) in [5.41, 5.74) is 1.87. The van der Waals surface area contributed by atoms with Crippen LogP contribution in [-0.4, -0.2) is 17.8 Å². The number of rotatable bonds is 0. The zero-order valence-electron chi connectivity index (χ0n) is 14.9. The topological polar surface area (TPSA) is 29.5 Å². The van der Waals surface area contributed by atoms with E-state index in [-0.39, 0.29) is 22.3 Å². The van der Waals surface area contributed by atoms with E-state index in [1.54, 1.807) is 0 Å². The Morgan fingerprint density at radius 1 is 1.00 bits per heavy atom. The number of fused-ring (bicyclic) bond motifs is 5. The second-order valence-electron chi connectivity index (χ2n) is 9.25. The summed E-state index contributed by atoms with van der Waals surface area (Å²) in [6.45, 7) is 10.3. The highest BCUT2D eigenvalue weighted by molar-refractivity contribution is 5.43. The molecule has 2 fully saturated rings. The van der Waals surface area contributed by atoms with E-state index < -0.39 is 0 Å². The monoisotopic (exact) mass is 314 g/mol. The fourth-order valence-electron chi connectivity index (χ4n) is 6.48. The summed E-state index contributed by atoms with van der Waals surface area (Å²) >= 11 is 0. The van der Waals surface area contributed by atoms with Gasteiger partial charge in [0, 0.05) is 16.9 Å². The highest BCUT2D eigenvalue weighted by Crippen LogP contribution is 2.66. The van der Waals surface area contributed by atoms with Gasteiger partial charge in [-0.2, -0.15) is 0 Å². The van der Waals surface area contributed by atoms with Gasteiger partial charge in [-0.1, -0.05) is 45.9 Å². The van der Waals surface area contributed by atoms with E-state index in [0.717, 1.165) is 25.2 Å². The molecule has 0 radical (unpaired) electrons. The number of aliphatic hydroxyl groups excluding tert-OH is 1. The number of hydrogen-bond acceptors (Lipinski definition) is 2. The summed E-state index contributed by atoms with van der Waals surface area (Å²) in [5, 5.41) is 10.6. The zero-order valence-corrected chi connectivity index (χ0v) is 14.9. The molecule has 0 amide bonds. The fraction of sp³-hybridized carbons (Fsp3) is 0.714. The van der Waals surface area contributed by atoms with E-state index in [2.05, 4.69) is 52.0 Å². The normalized spacial score (nSPS) is 44.5. The van der Waals surface area contributed by atoms with Crippen LogP contribution in [0.3, 0.4) is 0 Å². The Morgan fingerprint density at radius 2 is 1.74 bits per heavy atom. The Balaban J connectivity index is 1.80. The number of ether oxygens (including phenoxy) is 1. The smallest absolute Gasteiger partial charge is 0.123 e. The van der Waals surface area contributed by atoms with Gasteiger partial charge in [0.05, 0.1) is 12.7 Å². The third-order valence-corrected chi connectivity index (χ3v) is 7.93. The molecule has 0 unspecified atom stereocenters. The average molecular weight is 314 g/mol. The van der Waals surface area contributed by atoms with Crippen molar-refractivity contribution < 1.29 is 9.84 Å². The van der Waals surface area contributed by atoms with Crippen molar-refractivity contribution in [3.8, 4) is 5.75 Å². The summed E-state index contributed by atoms with van der Waals surface area (Å²) in [5.74, 6) is 2.20. The lowest BCUT2D eigenvalue weighted by atomic mass is 9.42. The maximum atomic E-state index is 10.6. The maximum Gasteiger partial charge on any atom is 0.123 e. The van der Waals surface area contributed by atoms with Gasteiger partial charge >= 0.3 is 0 Å². The van der Waals surface area contributed by atoms with Crippen molar-refractivity contribution in [3.63, 3.8) is 0 Å². The van der Waals surface area contributed by atoms with E-state index >= 15 is 0 Å². The molecular formula is C21H30O2. The summed E-state index contributed by atoms with van der Waals surface area (Å²) < 4.78 is 6.20. The van der Waals surface area contributed by atoms with Gasteiger partial charge < -0.3 is 9.84 Å². The third-order valence-electron chi connectivity index (χ3n) is 7.93. The molecule has 5 atom stereocenters. The standard InChI is InChI=1S/C21H30O2/c1-19(2)16-9-11-20(3)14-7-5-6-8-15(14)23-13-17(20)21(16,4)12-10-18(19)22/h5-8,16-18,22H,9-13H2,1-4H3/t16-,17+,18-,20-,21-/m0/s1. The third kappa shape index (κ3) is 1.91. The summed E-state index contributed by atoms with van der Waals surface area (Å²) in [6.07, 6.45) is 4.29. The first kappa shape index (κ1) is 15.5. The minimum atomic E-state index is -0.165. The van der Waals surface area contributed by atoms with Crippen LogP contribution < -0.4 is 4.74 Å². The second-order valence-corrected chi connectivity index (χ2v) is 9.25. The summed E-state index contributed by atoms with van der Waals surface area (Å²) in [7, 11) is 0. The molecule has 1 aliphatic heterocycles. The molecule has 2 saturated carbocycles. The van der Waals surface area contributed by atoms with Crippen LogP contribution in [0.2, 0.25) is 0 Å². The van der Waals surface area contributed by atoms with Gasteiger partial charge in [0.2, 0.25) is 0 Å². The van der Waals surface area contributed by atoms with Crippen LogP contribution in [0.1, 0.15) is 58.9 Å². The van der Waals surface area contributed by atoms with Crippen molar-refractivity contribution in [1.82, 2.24) is 0 Å². The van der Waals surface area contributed by atoms with Crippen molar-refractivity contribution in [2.45, 2.75) is 64.9 Å². The number of benzene rings is 1. The van der Waals surface area contributed by atoms with E-state index in [9.17, 15) is 5.11 Å². The van der Waals surface area contributed by atoms with E-state index in [1.807, 2.05) is 0 Å². The van der Waals surface area contributed by atoms with Crippen molar-refractivity contribution >= 4 is 0 Å². The van der Waals surface area contributed by atoms with Crippen LogP contribution in [0.4, 0.5) is 0 Å². The summed E-state index contributed by atoms with van der Waals surface area (Å²) in [6, 6.07) is 8.63. The quantitative estimate of drug-likeness (QED) is 0.761. The number of hydrogen-bond donors (Lipinski definition) is 1. The van der Waals surface area contributed by atoms with Gasteiger partial charge in [0.1, 0.15) is 5.75 Å². The molecule has 4 rings (SSSR count). The highest BCUT2D eigenvalue weighted by atomic mass is 16.5. The van der Waals surface area contributed by atoms with Gasteiger partial charge in [0.25, 0.3) is 0 Å². The minimum Gasteiger partial charge on any atom is -0.493 e. The molecule has 0 saturated heterocycles. The van der Waals surface area contributed by atoms with Crippen LogP contribution in [0.25, 0.3) is 0 Å². The second kappa shape index (κ2) is 4.75. The lowest BCUT2D eigenvalue weighted by Gasteiger charge is -2.64. The maximum absolute atomic E-state index is 10.6. The van der Waals surface area contributed by atoms with Crippen LogP contribution in [-0.2, 0) is 5.41 Å². The first-order valence-corrected chi connectivity index (χ1v) is 9.20. The highest BCUT2D eigenvalue weighted by Gasteiger charge is 2.62. The predicted octanol–water partition coefficient (Wildman–Crippen LogP) is 4.55. The lowest BCUT2D eigenvalue weighted by molar-refractivity contribution is -0.165. The predicted molar refractivity (Wildman–Crippen MR) is 92.6 cm³/mol. The van der Waals surface area contributed by atoms with Crippen molar-refractivity contribution in [3.05, 3.63) is 29.8 Å². The van der Waals surface area contributed by atoms with Gasteiger partial charge in [-0.25, -0.2) is 0 Å². The molecule has 1 N–H and O–H groups in total. The molecule has 1 aromatic carbocycles. The Kier molecular flexibility index (Phi) is 3.20. The lowest BCUT2D eigenvalue weighted by Crippen LogP contribution is -2.61. The minimum absolute atomic E-state index is 0.00525. The van der Waals surface area contributed by atoms with Gasteiger partial charge in [-0.3, -0.25) is 0 Å². The first-order chi connectivity index (χ1) is 10.8. The Bertz CT molecular complexity index is 622. The van der Waals surface area contributed by atoms with Crippen LogP contribution >= 0.6 is 0 Å². The van der Waals surface area contributed by atoms with E-state index in [4.69, 9.17) is 4.74 Å². The van der Waals surface area contributed by atoms with Crippen molar-refractivity contribution in [2.75, 3.05) is 6.61 Å². The molecule has 0 bridgehead atoms. The SMILES string of the molecule is CC1(C)[C@@H](O)CC[C@@]2(C)[C@H]1CC[C@@]1(C)c3ccccc3OC[C@@H]21. The Hall–Kier alpha value is -1.02. The number of aliphatic hydroxyl groups is 1. The summed E-state index contributed by atoms with van der Waals surface area (Å²) in [4.78, 5) is 0. The first-order valence-electron chi connectivity index (χ1n) is 9.20. The van der Waals surface area contributed by atoms with Crippen LogP contribution in [0, 0.1) is 22.7 Å². The molecule has 2 heteroatoms. The molecule has 0 aromatic heterocycles. The molecule has 1 heterocycles. The molecule has 0 spiro atoms. The molecule has 23 heavy (non-hydrogen) atoms. The molecule has 126 valence electrons. The Labute approximate surface area is 140 Å².